The van der Waals surface area contributed by atoms with Crippen molar-refractivity contribution < 1.29 is 5.11 Å². The lowest BCUT2D eigenvalue weighted by atomic mass is 9.85. The van der Waals surface area contributed by atoms with Crippen LogP contribution in [-0.4, -0.2) is 27.2 Å². The zero-order valence-corrected chi connectivity index (χ0v) is 11.4. The van der Waals surface area contributed by atoms with Crippen molar-refractivity contribution in [2.75, 3.05) is 17.3 Å². The topological polar surface area (TPSA) is 96.1 Å². The highest BCUT2D eigenvalue weighted by Gasteiger charge is 2.28. The number of nitrogens with two attached hydrogens (primary N) is 1. The van der Waals surface area contributed by atoms with Crippen molar-refractivity contribution in [1.82, 2.24) is 9.97 Å². The predicted octanol–water partition coefficient (Wildman–Crippen LogP) is 1.43. The molecule has 19 heavy (non-hydrogen) atoms. The molecule has 1 fully saturated rings. The number of nitrogens with zero attached hydrogens (tertiary/aromatic N) is 2. The first kappa shape index (κ1) is 14.0. The van der Waals surface area contributed by atoms with E-state index in [4.69, 9.17) is 5.84 Å². The van der Waals surface area contributed by atoms with Gasteiger partial charge in [-0.1, -0.05) is 26.2 Å². The third-order valence-electron chi connectivity index (χ3n) is 3.62. The van der Waals surface area contributed by atoms with E-state index in [2.05, 4.69) is 20.7 Å². The Bertz CT molecular complexity index is 395. The molecule has 1 aliphatic rings. The van der Waals surface area contributed by atoms with Crippen molar-refractivity contribution >= 4 is 11.6 Å². The lowest BCUT2D eigenvalue weighted by molar-refractivity contribution is 0.0166. The van der Waals surface area contributed by atoms with Crippen LogP contribution in [0, 0.1) is 0 Å². The monoisotopic (exact) mass is 265 g/mol. The van der Waals surface area contributed by atoms with Crippen molar-refractivity contribution in [2.45, 2.75) is 51.0 Å². The van der Waals surface area contributed by atoms with E-state index in [0.717, 1.165) is 37.9 Å². The minimum absolute atomic E-state index is 0.525. The number of rotatable bonds is 5. The first-order valence-electron chi connectivity index (χ1n) is 6.96. The van der Waals surface area contributed by atoms with Crippen LogP contribution in [0.2, 0.25) is 0 Å². The van der Waals surface area contributed by atoms with Crippen molar-refractivity contribution in [3.8, 4) is 0 Å². The summed E-state index contributed by atoms with van der Waals surface area (Å²) in [7, 11) is 0. The van der Waals surface area contributed by atoms with E-state index in [0.29, 0.717) is 18.2 Å². The van der Waals surface area contributed by atoms with Gasteiger partial charge < -0.3 is 15.8 Å². The Labute approximate surface area is 113 Å². The molecule has 6 nitrogen and oxygen atoms in total. The molecule has 2 rings (SSSR count). The first-order valence-corrected chi connectivity index (χ1v) is 6.96. The zero-order chi connectivity index (χ0) is 13.7. The molecule has 1 aromatic rings. The minimum Gasteiger partial charge on any atom is -0.388 e. The normalized spacial score (nSPS) is 18.1. The van der Waals surface area contributed by atoms with Crippen LogP contribution in [0.1, 0.15) is 44.9 Å². The molecule has 6 heteroatoms. The molecule has 0 aromatic carbocycles. The fourth-order valence-corrected chi connectivity index (χ4v) is 2.46. The average Bonchev–Trinajstić information content (AvgIpc) is 2.45. The smallest absolute Gasteiger partial charge is 0.145 e. The summed E-state index contributed by atoms with van der Waals surface area (Å²) >= 11 is 0. The van der Waals surface area contributed by atoms with E-state index in [1.807, 2.05) is 6.92 Å². The fourth-order valence-electron chi connectivity index (χ4n) is 2.46. The van der Waals surface area contributed by atoms with Gasteiger partial charge in [0.2, 0.25) is 0 Å². The van der Waals surface area contributed by atoms with Gasteiger partial charge >= 0.3 is 0 Å². The molecule has 0 unspecified atom stereocenters. The Morgan fingerprint density at radius 3 is 2.58 bits per heavy atom. The van der Waals surface area contributed by atoms with Gasteiger partial charge in [0, 0.05) is 19.0 Å². The fraction of sp³-hybridized carbons (Fsp3) is 0.692. The van der Waals surface area contributed by atoms with Crippen LogP contribution in [-0.2, 0) is 6.42 Å². The largest absolute Gasteiger partial charge is 0.388 e. The van der Waals surface area contributed by atoms with Crippen LogP contribution < -0.4 is 16.6 Å². The van der Waals surface area contributed by atoms with Gasteiger partial charge in [0.1, 0.15) is 17.5 Å². The SMILES string of the molecule is CCc1nc(NN)cc(NCC2(O)CCCCC2)n1. The highest BCUT2D eigenvalue weighted by molar-refractivity contribution is 5.47. The molecule has 1 aromatic heterocycles. The Morgan fingerprint density at radius 2 is 1.95 bits per heavy atom. The summed E-state index contributed by atoms with van der Waals surface area (Å²) in [6, 6.07) is 1.76. The maximum Gasteiger partial charge on any atom is 0.145 e. The highest BCUT2D eigenvalue weighted by Crippen LogP contribution is 2.28. The minimum atomic E-state index is -0.605. The second-order valence-corrected chi connectivity index (χ2v) is 5.19. The van der Waals surface area contributed by atoms with Crippen LogP contribution >= 0.6 is 0 Å². The molecule has 0 atom stereocenters. The standard InChI is InChI=1S/C13H23N5O/c1-2-10-16-11(8-12(17-10)18-14)15-9-13(19)6-4-3-5-7-13/h8,19H,2-7,9,14H2,1H3,(H2,15,16,17,18). The third-order valence-corrected chi connectivity index (χ3v) is 3.62. The molecule has 106 valence electrons. The molecule has 5 N–H and O–H groups in total. The molecule has 0 spiro atoms. The van der Waals surface area contributed by atoms with Crippen molar-refractivity contribution in [3.05, 3.63) is 11.9 Å². The van der Waals surface area contributed by atoms with Gasteiger partial charge in [-0.15, -0.1) is 0 Å². The Morgan fingerprint density at radius 1 is 1.26 bits per heavy atom. The van der Waals surface area contributed by atoms with E-state index < -0.39 is 5.60 Å². The van der Waals surface area contributed by atoms with E-state index in [9.17, 15) is 5.11 Å². The number of aromatic nitrogens is 2. The van der Waals surface area contributed by atoms with Gasteiger partial charge in [0.15, 0.2) is 0 Å². The molecule has 0 saturated heterocycles. The molecule has 1 saturated carbocycles. The van der Waals surface area contributed by atoms with Crippen LogP contribution in [0.15, 0.2) is 6.07 Å². The van der Waals surface area contributed by atoms with Gasteiger partial charge in [0.05, 0.1) is 5.60 Å². The van der Waals surface area contributed by atoms with Crippen LogP contribution in [0.4, 0.5) is 11.6 Å². The number of aliphatic hydroxyl groups is 1. The lowest BCUT2D eigenvalue weighted by Gasteiger charge is -2.32. The highest BCUT2D eigenvalue weighted by atomic mass is 16.3. The molecule has 0 bridgehead atoms. The summed E-state index contributed by atoms with van der Waals surface area (Å²) in [6.45, 7) is 2.52. The molecule has 0 radical (unpaired) electrons. The van der Waals surface area contributed by atoms with Crippen LogP contribution in [0.3, 0.4) is 0 Å². The third kappa shape index (κ3) is 3.78. The number of anilines is 2. The van der Waals surface area contributed by atoms with Crippen molar-refractivity contribution in [2.24, 2.45) is 5.84 Å². The van der Waals surface area contributed by atoms with Crippen LogP contribution in [0.25, 0.3) is 0 Å². The van der Waals surface area contributed by atoms with Gasteiger partial charge in [-0.05, 0) is 12.8 Å². The molecular formula is C13H23N5O. The zero-order valence-electron chi connectivity index (χ0n) is 11.4. The second-order valence-electron chi connectivity index (χ2n) is 5.19. The summed E-state index contributed by atoms with van der Waals surface area (Å²) in [5.41, 5.74) is 1.93. The van der Waals surface area contributed by atoms with Gasteiger partial charge in [-0.25, -0.2) is 15.8 Å². The van der Waals surface area contributed by atoms with Crippen molar-refractivity contribution in [1.29, 1.82) is 0 Å². The van der Waals surface area contributed by atoms with Gasteiger partial charge in [0.25, 0.3) is 0 Å². The maximum absolute atomic E-state index is 10.4. The molecule has 0 amide bonds. The number of hydrogen-bond acceptors (Lipinski definition) is 6. The predicted molar refractivity (Wildman–Crippen MR) is 75.7 cm³/mol. The number of nitrogens with one attached hydrogen (secondary N) is 2. The summed E-state index contributed by atoms with van der Waals surface area (Å²) in [5, 5.41) is 13.6. The number of nitrogen functional groups attached to an aromatic ring is 1. The van der Waals surface area contributed by atoms with Gasteiger partial charge in [-0.2, -0.15) is 0 Å². The van der Waals surface area contributed by atoms with E-state index in [-0.39, 0.29) is 0 Å². The number of aryl methyl sites for hydroxylation is 1. The Balaban J connectivity index is 2.02. The van der Waals surface area contributed by atoms with Gasteiger partial charge in [-0.3, -0.25) is 0 Å². The Kier molecular flexibility index (Phi) is 4.55. The summed E-state index contributed by atoms with van der Waals surface area (Å²) in [6.07, 6.45) is 5.86. The summed E-state index contributed by atoms with van der Waals surface area (Å²) in [5.74, 6) is 7.42. The molecule has 0 aliphatic heterocycles. The molecular weight excluding hydrogens is 242 g/mol. The van der Waals surface area contributed by atoms with E-state index in [1.54, 1.807) is 6.07 Å². The lowest BCUT2D eigenvalue weighted by Crippen LogP contribution is -2.39. The van der Waals surface area contributed by atoms with Crippen molar-refractivity contribution in [3.63, 3.8) is 0 Å². The quantitative estimate of drug-likeness (QED) is 0.475. The maximum atomic E-state index is 10.4. The van der Waals surface area contributed by atoms with E-state index >= 15 is 0 Å². The molecule has 1 heterocycles. The second kappa shape index (κ2) is 6.16. The first-order chi connectivity index (χ1) is 9.15. The average molecular weight is 265 g/mol. The number of hydrazine groups is 1. The summed E-state index contributed by atoms with van der Waals surface area (Å²) in [4.78, 5) is 8.62. The number of hydrogen-bond donors (Lipinski definition) is 4. The summed E-state index contributed by atoms with van der Waals surface area (Å²) < 4.78 is 0. The van der Waals surface area contributed by atoms with Crippen LogP contribution in [0.5, 0.6) is 0 Å². The van der Waals surface area contributed by atoms with E-state index in [1.165, 1.54) is 6.42 Å². The molecule has 1 aliphatic carbocycles. The Hall–Kier alpha value is -1.40.